The fourth-order valence-electron chi connectivity index (χ4n) is 1.81. The van der Waals surface area contributed by atoms with Crippen molar-refractivity contribution in [3.8, 4) is 0 Å². The van der Waals surface area contributed by atoms with Crippen molar-refractivity contribution in [1.29, 1.82) is 0 Å². The van der Waals surface area contributed by atoms with Crippen LogP contribution in [0.25, 0.3) is 0 Å². The summed E-state index contributed by atoms with van der Waals surface area (Å²) in [6, 6.07) is 0. The van der Waals surface area contributed by atoms with Crippen LogP contribution < -0.4 is 0 Å². The molecule has 2 unspecified atom stereocenters. The van der Waals surface area contributed by atoms with E-state index in [1.165, 1.54) is 0 Å². The number of aliphatic hydroxyl groups is 1. The molecule has 1 aliphatic rings. The summed E-state index contributed by atoms with van der Waals surface area (Å²) in [6.45, 7) is 5.65. The second kappa shape index (κ2) is 5.99. The van der Waals surface area contributed by atoms with E-state index < -0.39 is 0 Å². The number of hydrogen-bond acceptors (Lipinski definition) is 2. The van der Waals surface area contributed by atoms with Crippen molar-refractivity contribution < 1.29 is 5.11 Å². The number of rotatable bonds is 3. The van der Waals surface area contributed by atoms with Crippen LogP contribution in [0.1, 0.15) is 26.2 Å². The molecule has 0 aromatic heterocycles. The lowest BCUT2D eigenvalue weighted by molar-refractivity contribution is 0.154. The van der Waals surface area contributed by atoms with Gasteiger partial charge in [0.1, 0.15) is 0 Å². The smallest absolute Gasteiger partial charge is 0.0553 e. The van der Waals surface area contributed by atoms with Crippen molar-refractivity contribution in [1.82, 2.24) is 4.90 Å². The first kappa shape index (κ1) is 11.5. The zero-order chi connectivity index (χ0) is 9.68. The summed E-state index contributed by atoms with van der Waals surface area (Å²) in [5.74, 6) is 0.718. The van der Waals surface area contributed by atoms with Gasteiger partial charge in [0.2, 0.25) is 0 Å². The Bertz CT molecular complexity index is 143. The van der Waals surface area contributed by atoms with E-state index in [9.17, 15) is 5.11 Å². The van der Waals surface area contributed by atoms with Gasteiger partial charge in [-0.1, -0.05) is 22.9 Å². The van der Waals surface area contributed by atoms with Gasteiger partial charge in [0, 0.05) is 18.4 Å². The first-order chi connectivity index (χ1) is 6.22. The molecular formula is C10H20BrNO. The van der Waals surface area contributed by atoms with E-state index in [1.54, 1.807) is 0 Å². The summed E-state index contributed by atoms with van der Waals surface area (Å²) >= 11 is 3.50. The molecule has 13 heavy (non-hydrogen) atoms. The quantitative estimate of drug-likeness (QED) is 0.773. The zero-order valence-electron chi connectivity index (χ0n) is 8.38. The largest absolute Gasteiger partial charge is 0.393 e. The highest BCUT2D eigenvalue weighted by molar-refractivity contribution is 9.09. The van der Waals surface area contributed by atoms with Gasteiger partial charge in [-0.05, 0) is 31.7 Å². The molecule has 2 atom stereocenters. The van der Waals surface area contributed by atoms with Crippen LogP contribution in [0.3, 0.4) is 0 Å². The predicted molar refractivity (Wildman–Crippen MR) is 59.3 cm³/mol. The van der Waals surface area contributed by atoms with Crippen LogP contribution in [0, 0.1) is 5.92 Å². The normalized spacial score (nSPS) is 28.4. The summed E-state index contributed by atoms with van der Waals surface area (Å²) in [5.41, 5.74) is 0. The van der Waals surface area contributed by atoms with Gasteiger partial charge in [0.05, 0.1) is 6.10 Å². The van der Waals surface area contributed by atoms with E-state index in [2.05, 4.69) is 27.8 Å². The van der Waals surface area contributed by atoms with Crippen LogP contribution in [-0.4, -0.2) is 41.1 Å². The highest BCUT2D eigenvalue weighted by Gasteiger charge is 2.15. The molecule has 2 nitrogen and oxygen atoms in total. The van der Waals surface area contributed by atoms with E-state index in [1.807, 2.05) is 0 Å². The maximum Gasteiger partial charge on any atom is 0.0553 e. The Kier molecular flexibility index (Phi) is 5.29. The molecule has 3 heteroatoms. The van der Waals surface area contributed by atoms with Crippen molar-refractivity contribution in [2.24, 2.45) is 5.92 Å². The molecule has 0 aromatic carbocycles. The van der Waals surface area contributed by atoms with Crippen LogP contribution in [0.4, 0.5) is 0 Å². The third kappa shape index (κ3) is 4.43. The molecule has 0 aromatic rings. The van der Waals surface area contributed by atoms with Gasteiger partial charge in [0.15, 0.2) is 0 Å². The van der Waals surface area contributed by atoms with Gasteiger partial charge in [-0.3, -0.25) is 0 Å². The van der Waals surface area contributed by atoms with Gasteiger partial charge in [-0.15, -0.1) is 0 Å². The van der Waals surface area contributed by atoms with Gasteiger partial charge in [-0.25, -0.2) is 0 Å². The van der Waals surface area contributed by atoms with E-state index >= 15 is 0 Å². The minimum Gasteiger partial charge on any atom is -0.393 e. The lowest BCUT2D eigenvalue weighted by atomic mass is 10.2. The Labute approximate surface area is 89.4 Å². The third-order valence-electron chi connectivity index (χ3n) is 2.62. The zero-order valence-corrected chi connectivity index (χ0v) is 9.96. The predicted octanol–water partition coefficient (Wildman–Crippen LogP) is 1.86. The Morgan fingerprint density at radius 1 is 1.46 bits per heavy atom. The number of alkyl halides is 1. The Morgan fingerprint density at radius 2 is 2.23 bits per heavy atom. The van der Waals surface area contributed by atoms with E-state index in [0.29, 0.717) is 0 Å². The first-order valence-electron chi connectivity index (χ1n) is 5.18. The molecule has 0 spiro atoms. The maximum atomic E-state index is 9.46. The lowest BCUT2D eigenvalue weighted by Crippen LogP contribution is -2.30. The van der Waals surface area contributed by atoms with E-state index in [-0.39, 0.29) is 6.10 Å². The molecule has 1 saturated heterocycles. The Morgan fingerprint density at radius 3 is 2.92 bits per heavy atom. The molecule has 0 bridgehead atoms. The second-order valence-electron chi connectivity index (χ2n) is 4.14. The lowest BCUT2D eigenvalue weighted by Gasteiger charge is -2.22. The van der Waals surface area contributed by atoms with Gasteiger partial charge in [-0.2, -0.15) is 0 Å². The van der Waals surface area contributed by atoms with Crippen molar-refractivity contribution >= 4 is 15.9 Å². The summed E-state index contributed by atoms with van der Waals surface area (Å²) < 4.78 is 0. The minimum absolute atomic E-state index is 0.0516. The van der Waals surface area contributed by atoms with Crippen LogP contribution >= 0.6 is 15.9 Å². The SMILES string of the molecule is CC(CBr)CN1CCCC(O)CC1. The molecule has 78 valence electrons. The highest BCUT2D eigenvalue weighted by Crippen LogP contribution is 2.12. The molecule has 1 aliphatic heterocycles. The molecule has 1 fully saturated rings. The van der Waals surface area contributed by atoms with Crippen molar-refractivity contribution in [3.05, 3.63) is 0 Å². The van der Waals surface area contributed by atoms with Gasteiger partial charge < -0.3 is 10.0 Å². The number of hydrogen-bond donors (Lipinski definition) is 1. The standard InChI is InChI=1S/C10H20BrNO/c1-9(7-11)8-12-5-2-3-10(13)4-6-12/h9-10,13H,2-8H2,1H3. The Balaban J connectivity index is 2.25. The highest BCUT2D eigenvalue weighted by atomic mass is 79.9. The summed E-state index contributed by atoms with van der Waals surface area (Å²) in [4.78, 5) is 2.47. The van der Waals surface area contributed by atoms with Crippen LogP contribution in [0.15, 0.2) is 0 Å². The summed E-state index contributed by atoms with van der Waals surface area (Å²) in [6.07, 6.45) is 3.04. The maximum absolute atomic E-state index is 9.46. The first-order valence-corrected chi connectivity index (χ1v) is 6.31. The summed E-state index contributed by atoms with van der Waals surface area (Å²) in [5, 5.41) is 10.5. The third-order valence-corrected chi connectivity index (χ3v) is 3.73. The fourth-order valence-corrected chi connectivity index (χ4v) is 2.02. The number of nitrogens with zero attached hydrogens (tertiary/aromatic N) is 1. The average Bonchev–Trinajstić information content (AvgIpc) is 2.31. The van der Waals surface area contributed by atoms with Crippen LogP contribution in [0.2, 0.25) is 0 Å². The van der Waals surface area contributed by atoms with Gasteiger partial charge >= 0.3 is 0 Å². The second-order valence-corrected chi connectivity index (χ2v) is 4.79. The molecule has 0 amide bonds. The molecule has 0 aliphatic carbocycles. The fraction of sp³-hybridized carbons (Fsp3) is 1.00. The molecule has 1 heterocycles. The van der Waals surface area contributed by atoms with Crippen molar-refractivity contribution in [2.75, 3.05) is 25.0 Å². The number of likely N-dealkylation sites (tertiary alicyclic amines) is 1. The average molecular weight is 250 g/mol. The van der Waals surface area contributed by atoms with Crippen molar-refractivity contribution in [2.45, 2.75) is 32.3 Å². The molecule has 1 rings (SSSR count). The molecule has 0 radical (unpaired) electrons. The molecule has 1 N–H and O–H groups in total. The minimum atomic E-state index is -0.0516. The number of aliphatic hydroxyl groups excluding tert-OH is 1. The summed E-state index contributed by atoms with van der Waals surface area (Å²) in [7, 11) is 0. The topological polar surface area (TPSA) is 23.5 Å². The van der Waals surface area contributed by atoms with E-state index in [0.717, 1.165) is 50.1 Å². The molecule has 0 saturated carbocycles. The Hall–Kier alpha value is 0.400. The van der Waals surface area contributed by atoms with Crippen LogP contribution in [0.5, 0.6) is 0 Å². The van der Waals surface area contributed by atoms with Crippen molar-refractivity contribution in [3.63, 3.8) is 0 Å². The van der Waals surface area contributed by atoms with Crippen LogP contribution in [-0.2, 0) is 0 Å². The monoisotopic (exact) mass is 249 g/mol. The van der Waals surface area contributed by atoms with E-state index in [4.69, 9.17) is 0 Å². The number of halogens is 1. The van der Waals surface area contributed by atoms with Gasteiger partial charge in [0.25, 0.3) is 0 Å². The molecular weight excluding hydrogens is 230 g/mol.